The standard InChI is InChI=1S/C17H21N3O2/c1-12-17(22)16(14(11-21)9-19-12)10-18-8-13-4-6-15(7-5-13)20(2)3/h4-7,9-10,21-22H,8,11H2,1-3H3. The van der Waals surface area contributed by atoms with E-state index in [1.165, 1.54) is 0 Å². The molecule has 0 aliphatic carbocycles. The van der Waals surface area contributed by atoms with Crippen LogP contribution in [0.1, 0.15) is 22.4 Å². The Hall–Kier alpha value is -2.40. The van der Waals surface area contributed by atoms with Crippen LogP contribution >= 0.6 is 0 Å². The average molecular weight is 299 g/mol. The molecular weight excluding hydrogens is 278 g/mol. The fourth-order valence-corrected chi connectivity index (χ4v) is 2.06. The van der Waals surface area contributed by atoms with E-state index in [-0.39, 0.29) is 12.4 Å². The van der Waals surface area contributed by atoms with Gasteiger partial charge in [0.15, 0.2) is 0 Å². The number of anilines is 1. The quantitative estimate of drug-likeness (QED) is 0.831. The molecule has 0 saturated heterocycles. The van der Waals surface area contributed by atoms with Crippen molar-refractivity contribution in [3.8, 4) is 5.75 Å². The van der Waals surface area contributed by atoms with Crippen LogP contribution in [0.2, 0.25) is 0 Å². The normalized spacial score (nSPS) is 11.1. The number of benzene rings is 1. The van der Waals surface area contributed by atoms with Gasteiger partial charge in [0, 0.05) is 43.3 Å². The molecule has 0 fully saturated rings. The lowest BCUT2D eigenvalue weighted by atomic mass is 10.1. The first kappa shape index (κ1) is 16.0. The summed E-state index contributed by atoms with van der Waals surface area (Å²) in [7, 11) is 4.00. The highest BCUT2D eigenvalue weighted by Gasteiger charge is 2.08. The Bertz CT molecular complexity index is 664. The van der Waals surface area contributed by atoms with Gasteiger partial charge in [-0.2, -0.15) is 0 Å². The second-order valence-corrected chi connectivity index (χ2v) is 5.32. The molecule has 0 saturated carbocycles. The van der Waals surface area contributed by atoms with Crippen molar-refractivity contribution in [2.45, 2.75) is 20.1 Å². The van der Waals surface area contributed by atoms with Gasteiger partial charge in [0.2, 0.25) is 0 Å². The smallest absolute Gasteiger partial charge is 0.145 e. The first-order valence-electron chi connectivity index (χ1n) is 7.07. The average Bonchev–Trinajstić information content (AvgIpc) is 2.52. The van der Waals surface area contributed by atoms with E-state index in [1.807, 2.05) is 43.3 Å². The maximum absolute atomic E-state index is 10.0. The van der Waals surface area contributed by atoms with Crippen molar-refractivity contribution in [2.24, 2.45) is 4.99 Å². The molecule has 0 unspecified atom stereocenters. The summed E-state index contributed by atoms with van der Waals surface area (Å²) in [4.78, 5) is 10.4. The monoisotopic (exact) mass is 299 g/mol. The van der Waals surface area contributed by atoms with Crippen LogP contribution < -0.4 is 4.90 Å². The number of nitrogens with zero attached hydrogens (tertiary/aromatic N) is 3. The van der Waals surface area contributed by atoms with E-state index in [4.69, 9.17) is 0 Å². The molecule has 0 aliphatic rings. The number of aliphatic hydroxyl groups excluding tert-OH is 1. The molecule has 2 N–H and O–H groups in total. The Kier molecular flexibility index (Phi) is 5.12. The second kappa shape index (κ2) is 7.04. The number of aromatic nitrogens is 1. The minimum absolute atomic E-state index is 0.0678. The van der Waals surface area contributed by atoms with Crippen LogP contribution in [-0.4, -0.2) is 35.5 Å². The summed E-state index contributed by atoms with van der Waals surface area (Å²) in [5.41, 5.74) is 3.83. The zero-order valence-corrected chi connectivity index (χ0v) is 13.1. The van der Waals surface area contributed by atoms with Crippen LogP contribution in [0.3, 0.4) is 0 Å². The highest BCUT2D eigenvalue weighted by Crippen LogP contribution is 2.22. The molecule has 1 heterocycles. The zero-order chi connectivity index (χ0) is 16.1. The SMILES string of the molecule is Cc1ncc(CO)c(C=NCc2ccc(N(C)C)cc2)c1O. The van der Waals surface area contributed by atoms with E-state index >= 15 is 0 Å². The van der Waals surface area contributed by atoms with Crippen molar-refractivity contribution >= 4 is 11.9 Å². The zero-order valence-electron chi connectivity index (χ0n) is 13.1. The number of aliphatic hydroxyl groups is 1. The Morgan fingerprint density at radius 1 is 1.23 bits per heavy atom. The van der Waals surface area contributed by atoms with Gasteiger partial charge in [-0.05, 0) is 24.6 Å². The molecule has 2 rings (SSSR count). The van der Waals surface area contributed by atoms with E-state index < -0.39 is 0 Å². The number of aliphatic imine (C=N–C) groups is 1. The summed E-state index contributed by atoms with van der Waals surface area (Å²) in [6, 6.07) is 8.13. The Morgan fingerprint density at radius 2 is 1.91 bits per heavy atom. The van der Waals surface area contributed by atoms with Crippen LogP contribution in [0.25, 0.3) is 0 Å². The number of hydrogen-bond donors (Lipinski definition) is 2. The number of pyridine rings is 1. The summed E-state index contributed by atoms with van der Waals surface area (Å²) in [5, 5.41) is 19.3. The van der Waals surface area contributed by atoms with Crippen molar-refractivity contribution in [1.82, 2.24) is 4.98 Å². The van der Waals surface area contributed by atoms with E-state index in [1.54, 1.807) is 19.3 Å². The minimum Gasteiger partial charge on any atom is -0.505 e. The largest absolute Gasteiger partial charge is 0.505 e. The van der Waals surface area contributed by atoms with Crippen LogP contribution in [0, 0.1) is 6.92 Å². The lowest BCUT2D eigenvalue weighted by molar-refractivity contribution is 0.280. The Morgan fingerprint density at radius 3 is 2.50 bits per heavy atom. The lowest BCUT2D eigenvalue weighted by Gasteiger charge is -2.12. The highest BCUT2D eigenvalue weighted by molar-refractivity contribution is 5.85. The van der Waals surface area contributed by atoms with Gasteiger partial charge >= 0.3 is 0 Å². The van der Waals surface area contributed by atoms with Crippen LogP contribution in [0.5, 0.6) is 5.75 Å². The predicted molar refractivity (Wildman–Crippen MR) is 88.6 cm³/mol. The summed E-state index contributed by atoms with van der Waals surface area (Å²) < 4.78 is 0. The number of rotatable bonds is 5. The summed E-state index contributed by atoms with van der Waals surface area (Å²) >= 11 is 0. The highest BCUT2D eigenvalue weighted by atomic mass is 16.3. The molecule has 1 aromatic carbocycles. The first-order valence-corrected chi connectivity index (χ1v) is 7.07. The Labute approximate surface area is 130 Å². The third-order valence-corrected chi connectivity index (χ3v) is 3.48. The van der Waals surface area contributed by atoms with Gasteiger partial charge in [0.1, 0.15) is 5.75 Å². The van der Waals surface area contributed by atoms with Crippen LogP contribution in [0.4, 0.5) is 5.69 Å². The van der Waals surface area contributed by atoms with Crippen molar-refractivity contribution in [1.29, 1.82) is 0 Å². The van der Waals surface area contributed by atoms with Crippen molar-refractivity contribution < 1.29 is 10.2 Å². The summed E-state index contributed by atoms with van der Waals surface area (Å²) in [6.45, 7) is 2.05. The third-order valence-electron chi connectivity index (χ3n) is 3.48. The molecule has 1 aromatic heterocycles. The molecule has 0 bridgehead atoms. The molecule has 5 nitrogen and oxygen atoms in total. The van der Waals surface area contributed by atoms with Gasteiger partial charge in [-0.25, -0.2) is 0 Å². The molecule has 5 heteroatoms. The lowest BCUT2D eigenvalue weighted by Crippen LogP contribution is -2.08. The maximum atomic E-state index is 10.0. The fraction of sp³-hybridized carbons (Fsp3) is 0.294. The van der Waals surface area contributed by atoms with Crippen molar-refractivity contribution in [2.75, 3.05) is 19.0 Å². The van der Waals surface area contributed by atoms with Gasteiger partial charge in [-0.1, -0.05) is 12.1 Å². The fourth-order valence-electron chi connectivity index (χ4n) is 2.06. The van der Waals surface area contributed by atoms with Crippen LogP contribution in [-0.2, 0) is 13.2 Å². The van der Waals surface area contributed by atoms with Gasteiger partial charge < -0.3 is 15.1 Å². The molecule has 0 spiro atoms. The number of hydrogen-bond acceptors (Lipinski definition) is 5. The number of aryl methyl sites for hydroxylation is 1. The molecule has 2 aromatic rings. The summed E-state index contributed by atoms with van der Waals surface area (Å²) in [5.74, 6) is 0.0678. The van der Waals surface area contributed by atoms with Gasteiger partial charge in [-0.3, -0.25) is 9.98 Å². The van der Waals surface area contributed by atoms with E-state index in [2.05, 4.69) is 9.98 Å². The second-order valence-electron chi connectivity index (χ2n) is 5.32. The number of aromatic hydroxyl groups is 1. The van der Waals surface area contributed by atoms with E-state index in [0.717, 1.165) is 11.3 Å². The van der Waals surface area contributed by atoms with E-state index in [9.17, 15) is 10.2 Å². The van der Waals surface area contributed by atoms with Crippen molar-refractivity contribution in [3.05, 3.63) is 52.8 Å². The predicted octanol–water partition coefficient (Wildman–Crippen LogP) is 2.27. The van der Waals surface area contributed by atoms with Gasteiger partial charge in [0.25, 0.3) is 0 Å². The summed E-state index contributed by atoms with van der Waals surface area (Å²) in [6.07, 6.45) is 3.15. The maximum Gasteiger partial charge on any atom is 0.145 e. The Balaban J connectivity index is 2.14. The molecule has 0 atom stereocenters. The minimum atomic E-state index is -0.181. The topological polar surface area (TPSA) is 69.0 Å². The van der Waals surface area contributed by atoms with Gasteiger partial charge in [0.05, 0.1) is 18.8 Å². The first-order chi connectivity index (χ1) is 10.5. The molecule has 0 aliphatic heterocycles. The van der Waals surface area contributed by atoms with Crippen LogP contribution in [0.15, 0.2) is 35.5 Å². The molecule has 22 heavy (non-hydrogen) atoms. The molecule has 0 amide bonds. The van der Waals surface area contributed by atoms with Crippen molar-refractivity contribution in [3.63, 3.8) is 0 Å². The molecule has 0 radical (unpaired) electrons. The molecule has 116 valence electrons. The molecular formula is C17H21N3O2. The third kappa shape index (κ3) is 3.62. The van der Waals surface area contributed by atoms with Gasteiger partial charge in [-0.15, -0.1) is 0 Å². The van der Waals surface area contributed by atoms with E-state index in [0.29, 0.717) is 23.4 Å².